The molecule has 0 heterocycles. The van der Waals surface area contributed by atoms with Crippen LogP contribution < -0.4 is 10.5 Å². The van der Waals surface area contributed by atoms with Crippen LogP contribution in [0.25, 0.3) is 11.1 Å². The van der Waals surface area contributed by atoms with Crippen molar-refractivity contribution in [3.05, 3.63) is 90.0 Å². The van der Waals surface area contributed by atoms with Crippen LogP contribution in [0.2, 0.25) is 0 Å². The van der Waals surface area contributed by atoms with Crippen molar-refractivity contribution in [2.45, 2.75) is 37.0 Å². The summed E-state index contributed by atoms with van der Waals surface area (Å²) in [5.41, 5.74) is 8.42. The zero-order valence-electron chi connectivity index (χ0n) is 20.1. The van der Waals surface area contributed by atoms with Gasteiger partial charge in [0.25, 0.3) is 0 Å². The molecule has 10 heteroatoms. The van der Waals surface area contributed by atoms with E-state index in [1.54, 1.807) is 50.2 Å². The number of benzene rings is 3. The van der Waals surface area contributed by atoms with Gasteiger partial charge in [0.2, 0.25) is 17.4 Å². The zero-order valence-corrected chi connectivity index (χ0v) is 21.8. The van der Waals surface area contributed by atoms with E-state index in [9.17, 15) is 27.8 Å². The van der Waals surface area contributed by atoms with Gasteiger partial charge in [-0.15, -0.1) is 0 Å². The summed E-state index contributed by atoms with van der Waals surface area (Å²) in [5.74, 6) is -4.54. The molecule has 3 rings (SSSR count). The Morgan fingerprint density at radius 2 is 1.58 bits per heavy atom. The highest BCUT2D eigenvalue weighted by atomic mass is 32.2. The first-order valence-electron chi connectivity index (χ1n) is 11.5. The maximum absolute atomic E-state index is 13.5. The highest BCUT2D eigenvalue weighted by molar-refractivity contribution is 7.90. The smallest absolute Gasteiger partial charge is 0.311 e. The number of hydrogen-bond donors (Lipinski definition) is 4. The highest BCUT2D eigenvalue weighted by Crippen LogP contribution is 2.51. The normalized spacial score (nSPS) is 15.2. The molecule has 3 aromatic carbocycles. The molecule has 5 N–H and O–H groups in total. The summed E-state index contributed by atoms with van der Waals surface area (Å²) in [5, 5.41) is 9.80. The largest absolute Gasteiger partial charge is 0.481 e. The number of nitrogens with one attached hydrogen (secondary N) is 1. The molecule has 0 radical (unpaired) electrons. The Labute approximate surface area is 211 Å². The van der Waals surface area contributed by atoms with Crippen molar-refractivity contribution in [3.8, 4) is 11.1 Å². The maximum atomic E-state index is 13.5. The number of nitrogens with two attached hydrogens (primary N) is 1. The van der Waals surface area contributed by atoms with Gasteiger partial charge in [0.1, 0.15) is 5.78 Å². The molecule has 8 nitrogen and oxygen atoms in total. The number of carboxylic acids is 1. The molecule has 0 aliphatic heterocycles. The molecule has 192 valence electrons. The fourth-order valence-corrected chi connectivity index (χ4v) is 8.35. The van der Waals surface area contributed by atoms with Crippen molar-refractivity contribution >= 4 is 23.4 Å². The molecular weight excluding hydrogens is 499 g/mol. The molecule has 0 spiro atoms. The summed E-state index contributed by atoms with van der Waals surface area (Å²) < 4.78 is 42.1. The maximum Gasteiger partial charge on any atom is 0.311 e. The Bertz CT molecular complexity index is 1340. The van der Waals surface area contributed by atoms with Gasteiger partial charge in [0, 0.05) is 12.7 Å². The van der Waals surface area contributed by atoms with Crippen molar-refractivity contribution in [1.82, 2.24) is 4.72 Å². The van der Waals surface area contributed by atoms with E-state index in [1.807, 2.05) is 30.3 Å². The number of hydrogen-bond acceptors (Lipinski definition) is 5. The van der Waals surface area contributed by atoms with Crippen LogP contribution in [0, 0.1) is 5.92 Å². The Kier molecular flexibility index (Phi) is 8.87. The number of carbonyl (C=O) groups is 1. The molecule has 0 saturated carbocycles. The molecule has 0 aliphatic rings. The van der Waals surface area contributed by atoms with E-state index in [-0.39, 0.29) is 11.4 Å². The second-order valence-corrected chi connectivity index (χ2v) is 13.1. The average Bonchev–Trinajstić information content (AvgIpc) is 2.86. The third kappa shape index (κ3) is 6.69. The molecule has 0 saturated heterocycles. The van der Waals surface area contributed by atoms with Gasteiger partial charge in [0.05, 0.1) is 10.8 Å². The summed E-state index contributed by atoms with van der Waals surface area (Å²) in [7, 11) is -8.50. The number of aliphatic carboxylic acids is 1. The van der Waals surface area contributed by atoms with Gasteiger partial charge in [-0.2, -0.15) is 4.72 Å². The Morgan fingerprint density at radius 1 is 0.972 bits per heavy atom. The fourth-order valence-electron chi connectivity index (χ4n) is 4.01. The summed E-state index contributed by atoms with van der Waals surface area (Å²) in [6.07, 6.45) is -0.630. The first kappa shape index (κ1) is 27.8. The number of carboxylic acid groups (broad SMARTS) is 1. The van der Waals surface area contributed by atoms with Gasteiger partial charge in [0.15, 0.2) is 0 Å². The number of sulfonamides is 1. The predicted octanol–water partition coefficient (Wildman–Crippen LogP) is 4.21. The minimum Gasteiger partial charge on any atom is -0.481 e. The lowest BCUT2D eigenvalue weighted by Gasteiger charge is -2.29. The topological polar surface area (TPSA) is 147 Å². The lowest BCUT2D eigenvalue weighted by atomic mass is 9.99. The first-order chi connectivity index (χ1) is 16.9. The SMILES string of the molecule is CC(C)C(NS(=O)(=O)c1ccc(-c2ccccc2)cc1)P(=O)(O)CC(C(=O)O)c1cccc(CN)c1. The van der Waals surface area contributed by atoms with Crippen LogP contribution >= 0.6 is 7.37 Å². The van der Waals surface area contributed by atoms with Gasteiger partial charge >= 0.3 is 5.97 Å². The summed E-state index contributed by atoms with van der Waals surface area (Å²) in [6.45, 7) is 3.41. The highest BCUT2D eigenvalue weighted by Gasteiger charge is 2.40. The van der Waals surface area contributed by atoms with Crippen LogP contribution in [0.1, 0.15) is 30.9 Å². The lowest BCUT2D eigenvalue weighted by Crippen LogP contribution is -2.39. The van der Waals surface area contributed by atoms with Crippen molar-refractivity contribution < 1.29 is 27.8 Å². The quantitative estimate of drug-likeness (QED) is 0.272. The van der Waals surface area contributed by atoms with E-state index in [0.717, 1.165) is 11.1 Å². The fraction of sp³-hybridized carbons (Fsp3) is 0.269. The Balaban J connectivity index is 1.86. The van der Waals surface area contributed by atoms with Gasteiger partial charge < -0.3 is 15.7 Å². The van der Waals surface area contributed by atoms with E-state index >= 15 is 0 Å². The first-order valence-corrected chi connectivity index (χ1v) is 14.9. The van der Waals surface area contributed by atoms with Crippen LogP contribution in [0.15, 0.2) is 83.8 Å². The second kappa shape index (κ2) is 11.5. The third-order valence-electron chi connectivity index (χ3n) is 5.95. The zero-order chi connectivity index (χ0) is 26.5. The lowest BCUT2D eigenvalue weighted by molar-refractivity contribution is -0.138. The predicted molar refractivity (Wildman–Crippen MR) is 140 cm³/mol. The van der Waals surface area contributed by atoms with E-state index in [2.05, 4.69) is 4.72 Å². The molecule has 36 heavy (non-hydrogen) atoms. The molecule has 3 unspecified atom stereocenters. The van der Waals surface area contributed by atoms with E-state index in [1.165, 1.54) is 12.1 Å². The van der Waals surface area contributed by atoms with Gasteiger partial charge in [-0.25, -0.2) is 8.42 Å². The van der Waals surface area contributed by atoms with Crippen molar-refractivity contribution in [1.29, 1.82) is 0 Å². The van der Waals surface area contributed by atoms with E-state index in [0.29, 0.717) is 11.1 Å². The van der Waals surface area contributed by atoms with Crippen LogP contribution in [-0.2, 0) is 25.9 Å². The summed E-state index contributed by atoms with van der Waals surface area (Å²) in [6, 6.07) is 22.2. The van der Waals surface area contributed by atoms with Crippen LogP contribution in [-0.4, -0.2) is 36.3 Å². The molecule has 0 amide bonds. The van der Waals surface area contributed by atoms with Gasteiger partial charge in [-0.1, -0.05) is 80.6 Å². The molecular formula is C26H31N2O6PS. The minimum atomic E-state index is -4.33. The summed E-state index contributed by atoms with van der Waals surface area (Å²) in [4.78, 5) is 23.0. The van der Waals surface area contributed by atoms with Crippen molar-refractivity contribution in [3.63, 3.8) is 0 Å². The number of rotatable bonds is 11. The van der Waals surface area contributed by atoms with Crippen LogP contribution in [0.5, 0.6) is 0 Å². The second-order valence-electron chi connectivity index (χ2n) is 8.98. The monoisotopic (exact) mass is 530 g/mol. The summed E-state index contributed by atoms with van der Waals surface area (Å²) >= 11 is 0. The Morgan fingerprint density at radius 3 is 2.14 bits per heavy atom. The Hall–Kier alpha value is -2.81. The van der Waals surface area contributed by atoms with Crippen LogP contribution in [0.4, 0.5) is 0 Å². The molecule has 3 aromatic rings. The molecule has 0 aliphatic carbocycles. The van der Waals surface area contributed by atoms with E-state index in [4.69, 9.17) is 5.73 Å². The minimum absolute atomic E-state index is 0.0572. The third-order valence-corrected chi connectivity index (χ3v) is 10.1. The molecule has 0 aromatic heterocycles. The van der Waals surface area contributed by atoms with Gasteiger partial charge in [-0.3, -0.25) is 9.36 Å². The average molecular weight is 531 g/mol. The molecule has 3 atom stereocenters. The molecule has 0 fully saturated rings. The van der Waals surface area contributed by atoms with E-state index < -0.39 is 47.1 Å². The van der Waals surface area contributed by atoms with Crippen molar-refractivity contribution in [2.75, 3.05) is 6.16 Å². The van der Waals surface area contributed by atoms with Crippen LogP contribution in [0.3, 0.4) is 0 Å². The van der Waals surface area contributed by atoms with Gasteiger partial charge in [-0.05, 0) is 40.3 Å². The van der Waals surface area contributed by atoms with Crippen molar-refractivity contribution in [2.24, 2.45) is 11.7 Å². The standard InChI is InChI=1S/C26H31N2O6PS/c1-18(2)25(35(31,32)17-24(26(29)30)22-10-6-7-19(15-22)16-27)28-36(33,34)23-13-11-21(12-14-23)20-8-4-3-5-9-20/h3-15,18,24-25,28H,16-17,27H2,1-2H3,(H,29,30)(H,31,32). The molecule has 0 bridgehead atoms.